The van der Waals surface area contributed by atoms with Crippen LogP contribution in [-0.2, 0) is 9.59 Å². The lowest BCUT2D eigenvalue weighted by molar-refractivity contribution is -0.135. The van der Waals surface area contributed by atoms with E-state index >= 15 is 0 Å². The van der Waals surface area contributed by atoms with E-state index in [0.717, 1.165) is 31.0 Å². The van der Waals surface area contributed by atoms with Gasteiger partial charge in [0, 0.05) is 35.9 Å². The number of hydrogen-bond donors (Lipinski definition) is 1. The van der Waals surface area contributed by atoms with Crippen LogP contribution in [0.2, 0.25) is 0 Å². The molecule has 2 aliphatic rings. The van der Waals surface area contributed by atoms with Crippen LogP contribution in [0.4, 0.5) is 13.9 Å². The van der Waals surface area contributed by atoms with Crippen LogP contribution in [0, 0.1) is 23.5 Å². The van der Waals surface area contributed by atoms with E-state index in [0.29, 0.717) is 31.1 Å². The number of nitrogens with one attached hydrogen (secondary N) is 1. The summed E-state index contributed by atoms with van der Waals surface area (Å²) in [5, 5.41) is 4.71. The van der Waals surface area contributed by atoms with Gasteiger partial charge >= 0.3 is 0 Å². The molecular weight excluding hydrogens is 372 g/mol. The predicted octanol–water partition coefficient (Wildman–Crippen LogP) is 3.68. The Bertz CT molecular complexity index is 874. The van der Waals surface area contributed by atoms with Gasteiger partial charge in [-0.2, -0.15) is 0 Å². The maximum atomic E-state index is 13.9. The molecule has 2 amide bonds. The lowest BCUT2D eigenvalue weighted by Gasteiger charge is -2.31. The summed E-state index contributed by atoms with van der Waals surface area (Å²) in [6.07, 6.45) is 3.22. The van der Waals surface area contributed by atoms with E-state index < -0.39 is 11.6 Å². The number of halogens is 2. The largest absolute Gasteiger partial charge is 0.342 e. The monoisotopic (exact) mass is 391 g/mol. The van der Waals surface area contributed by atoms with Crippen molar-refractivity contribution in [2.45, 2.75) is 25.7 Å². The van der Waals surface area contributed by atoms with E-state index in [4.69, 9.17) is 0 Å². The number of anilines is 1. The summed E-state index contributed by atoms with van der Waals surface area (Å²) in [6.45, 7) is 1.20. The van der Waals surface area contributed by atoms with E-state index in [2.05, 4.69) is 10.3 Å². The number of likely N-dealkylation sites (tertiary alicyclic amines) is 1. The fourth-order valence-corrected chi connectivity index (χ4v) is 4.02. The second-order valence-electron chi connectivity index (χ2n) is 7.03. The van der Waals surface area contributed by atoms with E-state index in [1.165, 1.54) is 11.3 Å². The number of piperidine rings is 1. The molecule has 8 heteroatoms. The van der Waals surface area contributed by atoms with Crippen molar-refractivity contribution in [2.24, 2.45) is 11.8 Å². The number of rotatable bonds is 4. The highest BCUT2D eigenvalue weighted by atomic mass is 32.1. The number of aromatic nitrogens is 1. The fourth-order valence-electron chi connectivity index (χ4n) is 3.31. The number of carbonyl (C=O) groups excluding carboxylic acids is 2. The Morgan fingerprint density at radius 3 is 2.56 bits per heavy atom. The van der Waals surface area contributed by atoms with Crippen LogP contribution in [-0.4, -0.2) is 34.8 Å². The van der Waals surface area contributed by atoms with E-state index in [1.54, 1.807) is 5.38 Å². The molecule has 1 saturated carbocycles. The van der Waals surface area contributed by atoms with Crippen LogP contribution in [0.3, 0.4) is 0 Å². The highest BCUT2D eigenvalue weighted by Crippen LogP contribution is 2.33. The van der Waals surface area contributed by atoms with Crippen molar-refractivity contribution in [1.29, 1.82) is 0 Å². The summed E-state index contributed by atoms with van der Waals surface area (Å²) < 4.78 is 27.2. The predicted molar refractivity (Wildman–Crippen MR) is 98.1 cm³/mol. The van der Waals surface area contributed by atoms with Gasteiger partial charge in [-0.3, -0.25) is 9.59 Å². The van der Waals surface area contributed by atoms with E-state index in [1.807, 2.05) is 4.90 Å². The molecule has 142 valence electrons. The highest BCUT2D eigenvalue weighted by molar-refractivity contribution is 7.14. The van der Waals surface area contributed by atoms with Gasteiger partial charge in [-0.1, -0.05) is 0 Å². The third-order valence-electron chi connectivity index (χ3n) is 5.04. The molecule has 5 nitrogen and oxygen atoms in total. The average Bonchev–Trinajstić information content (AvgIpc) is 3.43. The molecule has 0 unspecified atom stereocenters. The van der Waals surface area contributed by atoms with Crippen LogP contribution in [0.25, 0.3) is 11.3 Å². The van der Waals surface area contributed by atoms with Crippen molar-refractivity contribution >= 4 is 28.3 Å². The number of benzene rings is 1. The standard InChI is InChI=1S/C19H19F2N3O2S/c20-13-3-4-15(21)14(9-13)16-10-27-19(22-16)23-17(25)11-5-7-24(8-6-11)18(26)12-1-2-12/h3-4,9-12H,1-2,5-8H2,(H,22,23,25). The summed E-state index contributed by atoms with van der Waals surface area (Å²) in [5.74, 6) is -1.01. The molecule has 0 radical (unpaired) electrons. The first-order valence-corrected chi connectivity index (χ1v) is 9.90. The quantitative estimate of drug-likeness (QED) is 0.865. The van der Waals surface area contributed by atoms with Crippen molar-refractivity contribution < 1.29 is 18.4 Å². The molecule has 27 heavy (non-hydrogen) atoms. The highest BCUT2D eigenvalue weighted by Gasteiger charge is 2.36. The molecule has 1 N–H and O–H groups in total. The molecule has 1 saturated heterocycles. The molecule has 2 fully saturated rings. The Morgan fingerprint density at radius 1 is 1.11 bits per heavy atom. The SMILES string of the molecule is O=C(Nc1nc(-c2cc(F)ccc2F)cs1)C1CCN(C(=O)C2CC2)CC1. The van der Waals surface area contributed by atoms with Crippen molar-refractivity contribution in [3.63, 3.8) is 0 Å². The minimum atomic E-state index is -0.563. The number of amides is 2. The first kappa shape index (κ1) is 18.0. The molecule has 0 bridgehead atoms. The molecule has 2 heterocycles. The van der Waals surface area contributed by atoms with Crippen molar-refractivity contribution in [3.8, 4) is 11.3 Å². The number of thiazole rings is 1. The molecule has 2 aromatic rings. The zero-order valence-electron chi connectivity index (χ0n) is 14.6. The summed E-state index contributed by atoms with van der Waals surface area (Å²) in [5.41, 5.74) is 0.357. The molecule has 1 aromatic heterocycles. The minimum Gasteiger partial charge on any atom is -0.342 e. The van der Waals surface area contributed by atoms with Gasteiger partial charge in [0.15, 0.2) is 5.13 Å². The van der Waals surface area contributed by atoms with Crippen LogP contribution in [0.15, 0.2) is 23.6 Å². The van der Waals surface area contributed by atoms with Crippen LogP contribution in [0.1, 0.15) is 25.7 Å². The lowest BCUT2D eigenvalue weighted by Crippen LogP contribution is -2.42. The molecule has 1 aliphatic heterocycles. The molecule has 4 rings (SSSR count). The van der Waals surface area contributed by atoms with Gasteiger partial charge in [-0.25, -0.2) is 13.8 Å². The minimum absolute atomic E-state index is 0.0682. The maximum absolute atomic E-state index is 13.9. The van der Waals surface area contributed by atoms with Gasteiger partial charge in [0.25, 0.3) is 0 Å². The first-order chi connectivity index (χ1) is 13.0. The summed E-state index contributed by atoms with van der Waals surface area (Å²) in [7, 11) is 0. The molecule has 1 aliphatic carbocycles. The van der Waals surface area contributed by atoms with Gasteiger partial charge in [0.05, 0.1) is 5.69 Å². The van der Waals surface area contributed by atoms with Gasteiger partial charge in [0.1, 0.15) is 11.6 Å². The van der Waals surface area contributed by atoms with Gasteiger partial charge in [-0.15, -0.1) is 11.3 Å². The number of carbonyl (C=O) groups is 2. The maximum Gasteiger partial charge on any atom is 0.229 e. The summed E-state index contributed by atoms with van der Waals surface area (Å²) in [6, 6.07) is 3.19. The van der Waals surface area contributed by atoms with Crippen LogP contribution in [0.5, 0.6) is 0 Å². The Labute approximate surface area is 159 Å². The molecular formula is C19H19F2N3O2S. The topological polar surface area (TPSA) is 62.3 Å². The van der Waals surface area contributed by atoms with E-state index in [-0.39, 0.29) is 34.9 Å². The Kier molecular flexibility index (Phi) is 4.90. The molecule has 0 spiro atoms. The zero-order chi connectivity index (χ0) is 19.0. The van der Waals surface area contributed by atoms with E-state index in [9.17, 15) is 18.4 Å². The second kappa shape index (κ2) is 7.34. The fraction of sp³-hybridized carbons (Fsp3) is 0.421. The van der Waals surface area contributed by atoms with Gasteiger partial charge < -0.3 is 10.2 Å². The number of hydrogen-bond acceptors (Lipinski definition) is 4. The smallest absolute Gasteiger partial charge is 0.229 e. The normalized spacial score (nSPS) is 17.8. The van der Waals surface area contributed by atoms with Gasteiger partial charge in [-0.05, 0) is 43.9 Å². The summed E-state index contributed by atoms with van der Waals surface area (Å²) in [4.78, 5) is 30.6. The summed E-state index contributed by atoms with van der Waals surface area (Å²) >= 11 is 1.17. The zero-order valence-corrected chi connectivity index (χ0v) is 15.4. The lowest BCUT2D eigenvalue weighted by atomic mass is 9.95. The number of nitrogens with zero attached hydrogens (tertiary/aromatic N) is 2. The van der Waals surface area contributed by atoms with Gasteiger partial charge in [0.2, 0.25) is 11.8 Å². The molecule has 1 aromatic carbocycles. The average molecular weight is 391 g/mol. The second-order valence-corrected chi connectivity index (χ2v) is 7.88. The van der Waals surface area contributed by atoms with Crippen molar-refractivity contribution in [3.05, 3.63) is 35.2 Å². The molecule has 0 atom stereocenters. The Morgan fingerprint density at radius 2 is 1.85 bits per heavy atom. The Balaban J connectivity index is 1.36. The third kappa shape index (κ3) is 4.00. The van der Waals surface area contributed by atoms with Crippen molar-refractivity contribution in [1.82, 2.24) is 9.88 Å². The third-order valence-corrected chi connectivity index (χ3v) is 5.80. The Hall–Kier alpha value is -2.35. The van der Waals surface area contributed by atoms with Crippen LogP contribution < -0.4 is 5.32 Å². The van der Waals surface area contributed by atoms with Crippen molar-refractivity contribution in [2.75, 3.05) is 18.4 Å². The van der Waals surface area contributed by atoms with Crippen LogP contribution >= 0.6 is 11.3 Å². The first-order valence-electron chi connectivity index (χ1n) is 9.02.